The van der Waals surface area contributed by atoms with Gasteiger partial charge in [0.15, 0.2) is 11.6 Å². The SMILES string of the molecule is CC1OCCC1C(Cl)c1cc(F)c(F)cc1F. The topological polar surface area (TPSA) is 9.23 Å². The zero-order valence-electron chi connectivity index (χ0n) is 9.22. The van der Waals surface area contributed by atoms with Gasteiger partial charge in [-0.15, -0.1) is 11.6 Å². The first kappa shape index (κ1) is 12.7. The summed E-state index contributed by atoms with van der Waals surface area (Å²) < 4.78 is 44.7. The van der Waals surface area contributed by atoms with Crippen molar-refractivity contribution in [2.45, 2.75) is 24.8 Å². The highest BCUT2D eigenvalue weighted by atomic mass is 35.5. The molecule has 1 heterocycles. The zero-order chi connectivity index (χ0) is 12.6. The van der Waals surface area contributed by atoms with Crippen molar-refractivity contribution < 1.29 is 17.9 Å². The standard InChI is InChI=1S/C12H12ClF3O/c1-6-7(2-3-17-6)12(13)8-4-10(15)11(16)5-9(8)14/h4-7,12H,2-3H2,1H3. The summed E-state index contributed by atoms with van der Waals surface area (Å²) in [5.41, 5.74) is -0.00656. The Balaban J connectivity index is 2.30. The van der Waals surface area contributed by atoms with E-state index in [4.69, 9.17) is 16.3 Å². The average Bonchev–Trinajstić information content (AvgIpc) is 2.69. The molecule has 3 unspecified atom stereocenters. The summed E-state index contributed by atoms with van der Waals surface area (Å²) in [5, 5.41) is -0.706. The second-order valence-corrected chi connectivity index (χ2v) is 4.69. The van der Waals surface area contributed by atoms with Crippen LogP contribution >= 0.6 is 11.6 Å². The molecule has 0 saturated carbocycles. The molecule has 0 amide bonds. The van der Waals surface area contributed by atoms with Crippen LogP contribution in [0.4, 0.5) is 13.2 Å². The molecule has 1 fully saturated rings. The Bertz CT molecular complexity index is 424. The van der Waals surface area contributed by atoms with Gasteiger partial charge in [0.05, 0.1) is 11.5 Å². The molecule has 5 heteroatoms. The van der Waals surface area contributed by atoms with Gasteiger partial charge in [0, 0.05) is 24.2 Å². The average molecular weight is 265 g/mol. The van der Waals surface area contributed by atoms with Crippen molar-refractivity contribution in [2.24, 2.45) is 5.92 Å². The molecule has 1 aliphatic rings. The van der Waals surface area contributed by atoms with E-state index >= 15 is 0 Å². The maximum atomic E-state index is 13.5. The van der Waals surface area contributed by atoms with Crippen molar-refractivity contribution >= 4 is 11.6 Å². The molecular weight excluding hydrogens is 253 g/mol. The molecule has 0 bridgehead atoms. The molecule has 17 heavy (non-hydrogen) atoms. The Kier molecular flexibility index (Phi) is 3.64. The van der Waals surface area contributed by atoms with Crippen molar-refractivity contribution in [1.29, 1.82) is 0 Å². The molecule has 94 valence electrons. The van der Waals surface area contributed by atoms with Crippen molar-refractivity contribution in [2.75, 3.05) is 6.61 Å². The number of hydrogen-bond donors (Lipinski definition) is 0. The van der Waals surface area contributed by atoms with Gasteiger partial charge in [0.1, 0.15) is 5.82 Å². The lowest BCUT2D eigenvalue weighted by Gasteiger charge is -2.21. The fourth-order valence-electron chi connectivity index (χ4n) is 2.11. The molecule has 1 saturated heterocycles. The van der Waals surface area contributed by atoms with E-state index < -0.39 is 22.8 Å². The van der Waals surface area contributed by atoms with Crippen LogP contribution in [0, 0.1) is 23.4 Å². The van der Waals surface area contributed by atoms with Gasteiger partial charge in [0.25, 0.3) is 0 Å². The van der Waals surface area contributed by atoms with Crippen LogP contribution in [0.15, 0.2) is 12.1 Å². The van der Waals surface area contributed by atoms with Gasteiger partial charge >= 0.3 is 0 Å². The number of benzene rings is 1. The molecule has 0 aliphatic carbocycles. The van der Waals surface area contributed by atoms with E-state index in [1.54, 1.807) is 0 Å². The first-order chi connectivity index (χ1) is 8.00. The summed E-state index contributed by atoms with van der Waals surface area (Å²) in [6, 6.07) is 1.36. The van der Waals surface area contributed by atoms with Crippen LogP contribution in [0.3, 0.4) is 0 Å². The van der Waals surface area contributed by atoms with Crippen molar-refractivity contribution in [1.82, 2.24) is 0 Å². The predicted octanol–water partition coefficient (Wildman–Crippen LogP) is 3.81. The third-order valence-electron chi connectivity index (χ3n) is 3.15. The predicted molar refractivity (Wildman–Crippen MR) is 58.4 cm³/mol. The molecule has 1 aliphatic heterocycles. The highest BCUT2D eigenvalue weighted by Crippen LogP contribution is 2.39. The molecule has 1 nitrogen and oxygen atoms in total. The first-order valence-corrected chi connectivity index (χ1v) is 5.84. The van der Waals surface area contributed by atoms with Crippen molar-refractivity contribution in [3.8, 4) is 0 Å². The van der Waals surface area contributed by atoms with Crippen molar-refractivity contribution in [3.05, 3.63) is 35.1 Å². The highest BCUT2D eigenvalue weighted by molar-refractivity contribution is 6.21. The Morgan fingerprint density at radius 3 is 2.47 bits per heavy atom. The van der Waals surface area contributed by atoms with Gasteiger partial charge in [-0.1, -0.05) is 0 Å². The van der Waals surface area contributed by atoms with Crippen LogP contribution in [0.2, 0.25) is 0 Å². The van der Waals surface area contributed by atoms with E-state index in [9.17, 15) is 13.2 Å². The molecule has 0 N–H and O–H groups in total. The summed E-state index contributed by atoms with van der Waals surface area (Å²) in [4.78, 5) is 0. The minimum absolute atomic E-state index is 0.00656. The summed E-state index contributed by atoms with van der Waals surface area (Å²) in [7, 11) is 0. The fourth-order valence-corrected chi connectivity index (χ4v) is 2.61. The van der Waals surface area contributed by atoms with E-state index in [0.29, 0.717) is 19.1 Å². The van der Waals surface area contributed by atoms with Gasteiger partial charge in [-0.3, -0.25) is 0 Å². The Hall–Kier alpha value is -0.740. The quantitative estimate of drug-likeness (QED) is 0.583. The smallest absolute Gasteiger partial charge is 0.161 e. The Labute approximate surface area is 103 Å². The van der Waals surface area contributed by atoms with Gasteiger partial charge in [-0.25, -0.2) is 13.2 Å². The lowest BCUT2D eigenvalue weighted by atomic mass is 9.93. The number of rotatable bonds is 2. The monoisotopic (exact) mass is 264 g/mol. The van der Waals surface area contributed by atoms with Crippen LogP contribution < -0.4 is 0 Å². The molecule has 2 rings (SSSR count). The summed E-state index contributed by atoms with van der Waals surface area (Å²) >= 11 is 6.13. The third kappa shape index (κ3) is 2.43. The highest BCUT2D eigenvalue weighted by Gasteiger charge is 2.33. The summed E-state index contributed by atoms with van der Waals surface area (Å²) in [5.74, 6) is -3.19. The van der Waals surface area contributed by atoms with Crippen LogP contribution in [-0.4, -0.2) is 12.7 Å². The number of hydrogen-bond acceptors (Lipinski definition) is 1. The van der Waals surface area contributed by atoms with E-state index in [1.165, 1.54) is 0 Å². The molecule has 0 spiro atoms. The number of halogens is 4. The van der Waals surface area contributed by atoms with Gasteiger partial charge in [-0.2, -0.15) is 0 Å². The molecule has 1 aromatic rings. The third-order valence-corrected chi connectivity index (χ3v) is 3.71. The second-order valence-electron chi connectivity index (χ2n) is 4.22. The maximum Gasteiger partial charge on any atom is 0.161 e. The molecule has 0 aromatic heterocycles. The van der Waals surface area contributed by atoms with E-state index in [0.717, 1.165) is 6.07 Å². The largest absolute Gasteiger partial charge is 0.378 e. The van der Waals surface area contributed by atoms with Crippen molar-refractivity contribution in [3.63, 3.8) is 0 Å². The normalized spacial score (nSPS) is 26.2. The van der Waals surface area contributed by atoms with Crippen LogP contribution in [-0.2, 0) is 4.74 Å². The number of alkyl halides is 1. The second kappa shape index (κ2) is 4.86. The molecule has 1 aromatic carbocycles. The van der Waals surface area contributed by atoms with E-state index in [1.807, 2.05) is 6.92 Å². The Morgan fingerprint density at radius 2 is 1.88 bits per heavy atom. The molecule has 0 radical (unpaired) electrons. The number of ether oxygens (including phenoxy) is 1. The Morgan fingerprint density at radius 1 is 1.24 bits per heavy atom. The van der Waals surface area contributed by atoms with Crippen LogP contribution in [0.5, 0.6) is 0 Å². The van der Waals surface area contributed by atoms with E-state index in [2.05, 4.69) is 0 Å². The minimum Gasteiger partial charge on any atom is -0.378 e. The summed E-state index contributed by atoms with van der Waals surface area (Å²) in [6.07, 6.45) is 0.582. The first-order valence-electron chi connectivity index (χ1n) is 5.41. The van der Waals surface area contributed by atoms with E-state index in [-0.39, 0.29) is 17.6 Å². The summed E-state index contributed by atoms with van der Waals surface area (Å²) in [6.45, 7) is 2.39. The lowest BCUT2D eigenvalue weighted by molar-refractivity contribution is 0.104. The van der Waals surface area contributed by atoms with Crippen LogP contribution in [0.25, 0.3) is 0 Å². The lowest BCUT2D eigenvalue weighted by Crippen LogP contribution is -2.17. The van der Waals surface area contributed by atoms with Crippen LogP contribution in [0.1, 0.15) is 24.3 Å². The van der Waals surface area contributed by atoms with Gasteiger partial charge in [-0.05, 0) is 19.4 Å². The zero-order valence-corrected chi connectivity index (χ0v) is 9.98. The maximum absolute atomic E-state index is 13.5. The van der Waals surface area contributed by atoms with Gasteiger partial charge < -0.3 is 4.74 Å². The molecular formula is C12H12ClF3O. The fraction of sp³-hybridized carbons (Fsp3) is 0.500. The minimum atomic E-state index is -1.20. The molecule has 3 atom stereocenters. The van der Waals surface area contributed by atoms with Gasteiger partial charge in [0.2, 0.25) is 0 Å².